The first-order valence-corrected chi connectivity index (χ1v) is 14.4. The Hall–Kier alpha value is -5.02. The van der Waals surface area contributed by atoms with Gasteiger partial charge in [0, 0.05) is 33.8 Å². The number of hydrazone groups is 1. The number of aromatic nitrogens is 2. The monoisotopic (exact) mass is 634 g/mol. The van der Waals surface area contributed by atoms with Crippen molar-refractivity contribution in [2.24, 2.45) is 5.10 Å². The van der Waals surface area contributed by atoms with Gasteiger partial charge in [0.15, 0.2) is 0 Å². The molecule has 214 valence electrons. The van der Waals surface area contributed by atoms with E-state index in [0.717, 1.165) is 44.0 Å². The fourth-order valence-corrected chi connectivity index (χ4v) is 5.37. The molecule has 1 atom stereocenters. The van der Waals surface area contributed by atoms with Gasteiger partial charge in [-0.15, -0.1) is 0 Å². The van der Waals surface area contributed by atoms with Gasteiger partial charge in [0.2, 0.25) is 0 Å². The van der Waals surface area contributed by atoms with Gasteiger partial charge in [0.1, 0.15) is 5.75 Å². The smallest absolute Gasteiger partial charge is 0.337 e. The molecule has 43 heavy (non-hydrogen) atoms. The molecule has 0 radical (unpaired) electrons. The van der Waals surface area contributed by atoms with Crippen molar-refractivity contribution in [1.29, 1.82) is 0 Å². The zero-order valence-corrected chi connectivity index (χ0v) is 25.1. The fraction of sp³-hybridized carbons (Fsp3) is 0.118. The van der Waals surface area contributed by atoms with Crippen LogP contribution < -0.4 is 4.74 Å². The molecule has 1 aromatic heterocycles. The number of esters is 1. The maximum atomic E-state index is 14.2. The van der Waals surface area contributed by atoms with E-state index in [-0.39, 0.29) is 11.5 Å². The third-order valence-corrected chi connectivity index (χ3v) is 7.84. The molecule has 2 heterocycles. The molecular weight excluding hydrogens is 608 g/mol. The number of carbonyl (C=O) groups is 2. The van der Waals surface area contributed by atoms with Crippen LogP contribution in [0.25, 0.3) is 16.9 Å². The Labute approximate surface area is 257 Å². The second-order valence-electron chi connectivity index (χ2n) is 9.94. The summed E-state index contributed by atoms with van der Waals surface area (Å²) in [7, 11) is 2.93. The summed E-state index contributed by atoms with van der Waals surface area (Å²) < 4.78 is 13.0. The molecule has 9 heteroatoms. The van der Waals surface area contributed by atoms with Crippen LogP contribution in [0.5, 0.6) is 5.75 Å². The summed E-state index contributed by atoms with van der Waals surface area (Å²) in [6.07, 6.45) is 2.42. The Morgan fingerprint density at radius 1 is 0.837 bits per heavy atom. The minimum atomic E-state index is -0.517. The number of rotatable bonds is 7. The Bertz CT molecular complexity index is 1820. The quantitative estimate of drug-likeness (QED) is 0.178. The van der Waals surface area contributed by atoms with Gasteiger partial charge >= 0.3 is 5.97 Å². The van der Waals surface area contributed by atoms with E-state index in [1.165, 1.54) is 18.2 Å². The molecule has 4 aromatic carbocycles. The lowest BCUT2D eigenvalue weighted by molar-refractivity contribution is 0.0600. The highest BCUT2D eigenvalue weighted by Crippen LogP contribution is 2.39. The summed E-state index contributed by atoms with van der Waals surface area (Å²) in [6.45, 7) is 0. The lowest BCUT2D eigenvalue weighted by Crippen LogP contribution is -2.27. The average molecular weight is 636 g/mol. The molecule has 0 saturated heterocycles. The number of benzene rings is 4. The van der Waals surface area contributed by atoms with E-state index in [1.807, 2.05) is 89.7 Å². The van der Waals surface area contributed by atoms with Gasteiger partial charge in [0.05, 0.1) is 42.9 Å². The van der Waals surface area contributed by atoms with E-state index in [1.54, 1.807) is 25.3 Å². The van der Waals surface area contributed by atoms with Crippen molar-refractivity contribution in [3.05, 3.63) is 136 Å². The van der Waals surface area contributed by atoms with E-state index in [2.05, 4.69) is 15.9 Å². The topological polar surface area (TPSA) is 86.0 Å². The average Bonchev–Trinajstić information content (AvgIpc) is 3.70. The molecule has 0 aliphatic carbocycles. The molecule has 0 N–H and O–H groups in total. The predicted molar refractivity (Wildman–Crippen MR) is 168 cm³/mol. The van der Waals surface area contributed by atoms with Crippen molar-refractivity contribution >= 4 is 33.5 Å². The highest BCUT2D eigenvalue weighted by Gasteiger charge is 2.37. The summed E-state index contributed by atoms with van der Waals surface area (Å²) in [4.78, 5) is 26.4. The number of methoxy groups -OCH3 is 2. The Balaban J connectivity index is 1.48. The van der Waals surface area contributed by atoms with E-state index in [4.69, 9.17) is 19.7 Å². The zero-order valence-electron chi connectivity index (χ0n) is 23.5. The van der Waals surface area contributed by atoms with Gasteiger partial charge in [-0.3, -0.25) is 4.79 Å². The molecule has 0 bridgehead atoms. The molecule has 1 unspecified atom stereocenters. The van der Waals surface area contributed by atoms with Gasteiger partial charge in [-0.05, 0) is 72.3 Å². The van der Waals surface area contributed by atoms with Gasteiger partial charge in [-0.25, -0.2) is 14.5 Å². The first-order chi connectivity index (χ1) is 20.9. The molecule has 1 aliphatic rings. The van der Waals surface area contributed by atoms with Crippen LogP contribution >= 0.6 is 15.9 Å². The van der Waals surface area contributed by atoms with Crippen molar-refractivity contribution in [3.63, 3.8) is 0 Å². The summed E-state index contributed by atoms with van der Waals surface area (Å²) in [5, 5.41) is 11.4. The number of carbonyl (C=O) groups excluding carboxylic acids is 2. The number of halogens is 1. The van der Waals surface area contributed by atoms with Crippen molar-refractivity contribution in [2.45, 2.75) is 12.5 Å². The number of hydrogen-bond acceptors (Lipinski definition) is 6. The molecule has 0 saturated carbocycles. The third-order valence-electron chi connectivity index (χ3n) is 7.31. The molecule has 5 aromatic rings. The predicted octanol–water partition coefficient (Wildman–Crippen LogP) is 7.09. The molecular formula is C34H27BrN4O4. The van der Waals surface area contributed by atoms with Crippen LogP contribution in [0, 0.1) is 0 Å². The van der Waals surface area contributed by atoms with Gasteiger partial charge in [0.25, 0.3) is 5.91 Å². The Morgan fingerprint density at radius 3 is 2.23 bits per heavy atom. The molecule has 6 rings (SSSR count). The van der Waals surface area contributed by atoms with Crippen LogP contribution in [0.3, 0.4) is 0 Å². The molecule has 1 aliphatic heterocycles. The largest absolute Gasteiger partial charge is 0.497 e. The number of para-hydroxylation sites is 1. The summed E-state index contributed by atoms with van der Waals surface area (Å²) >= 11 is 3.53. The van der Waals surface area contributed by atoms with Crippen LogP contribution in [-0.2, 0) is 4.74 Å². The molecule has 1 amide bonds. The third kappa shape index (κ3) is 5.72. The second-order valence-corrected chi connectivity index (χ2v) is 10.9. The van der Waals surface area contributed by atoms with Crippen LogP contribution in [0.15, 0.2) is 119 Å². The second kappa shape index (κ2) is 12.1. The first-order valence-electron chi connectivity index (χ1n) is 13.6. The number of nitrogens with zero attached hydrogens (tertiary/aromatic N) is 4. The number of ether oxygens (including phenoxy) is 2. The zero-order chi connectivity index (χ0) is 29.9. The SMILES string of the molecule is COC(=O)c1cccc(C(=O)N2N=C(c3ccc(OC)cc3)CC2c2cn(-c3ccccc3)nc2-c2ccc(Br)cc2)c1. The standard InChI is InChI=1S/C34H27BrN4O4/c1-42-28-17-13-22(14-18-28)30-20-31(39(36-30)33(40)24-7-6-8-25(19-24)34(41)43-2)29-21-38(27-9-4-3-5-10-27)37-32(29)23-11-15-26(35)16-12-23/h3-19,21,31H,20H2,1-2H3. The number of hydrogen-bond donors (Lipinski definition) is 0. The van der Waals surface area contributed by atoms with Gasteiger partial charge < -0.3 is 9.47 Å². The minimum absolute atomic E-state index is 0.288. The maximum Gasteiger partial charge on any atom is 0.337 e. The summed E-state index contributed by atoms with van der Waals surface area (Å²) in [5.74, 6) is -0.127. The Kier molecular flexibility index (Phi) is 7.89. The summed E-state index contributed by atoms with van der Waals surface area (Å²) in [6, 6.07) is 31.4. The van der Waals surface area contributed by atoms with E-state index in [0.29, 0.717) is 12.0 Å². The minimum Gasteiger partial charge on any atom is -0.497 e. The van der Waals surface area contributed by atoms with Crippen molar-refractivity contribution < 1.29 is 19.1 Å². The molecule has 0 fully saturated rings. The lowest BCUT2D eigenvalue weighted by atomic mass is 9.96. The lowest BCUT2D eigenvalue weighted by Gasteiger charge is -2.22. The van der Waals surface area contributed by atoms with Gasteiger partial charge in [-0.2, -0.15) is 10.2 Å². The van der Waals surface area contributed by atoms with Crippen molar-refractivity contribution in [1.82, 2.24) is 14.8 Å². The fourth-order valence-electron chi connectivity index (χ4n) is 5.10. The number of amides is 1. The molecule has 0 spiro atoms. The van der Waals surface area contributed by atoms with Crippen LogP contribution in [0.4, 0.5) is 0 Å². The highest BCUT2D eigenvalue weighted by molar-refractivity contribution is 9.10. The van der Waals surface area contributed by atoms with Crippen LogP contribution in [0.2, 0.25) is 0 Å². The van der Waals surface area contributed by atoms with E-state index < -0.39 is 12.0 Å². The van der Waals surface area contributed by atoms with E-state index in [9.17, 15) is 9.59 Å². The van der Waals surface area contributed by atoms with Crippen molar-refractivity contribution in [3.8, 4) is 22.7 Å². The van der Waals surface area contributed by atoms with Gasteiger partial charge in [-0.1, -0.05) is 52.3 Å². The highest BCUT2D eigenvalue weighted by atomic mass is 79.9. The normalized spacial score (nSPS) is 14.3. The van der Waals surface area contributed by atoms with E-state index >= 15 is 0 Å². The van der Waals surface area contributed by atoms with Crippen LogP contribution in [0.1, 0.15) is 44.3 Å². The maximum absolute atomic E-state index is 14.2. The first kappa shape index (κ1) is 28.1. The van der Waals surface area contributed by atoms with Crippen molar-refractivity contribution in [2.75, 3.05) is 14.2 Å². The van der Waals surface area contributed by atoms with Crippen LogP contribution in [-0.4, -0.2) is 46.6 Å². The summed E-state index contributed by atoms with van der Waals surface area (Å²) in [5.41, 5.74) is 5.63. The molecule has 8 nitrogen and oxygen atoms in total. The Morgan fingerprint density at radius 2 is 1.53 bits per heavy atom.